The van der Waals surface area contributed by atoms with E-state index in [0.717, 1.165) is 24.8 Å². The molecule has 0 unspecified atom stereocenters. The highest BCUT2D eigenvalue weighted by molar-refractivity contribution is 6.31. The fourth-order valence-electron chi connectivity index (χ4n) is 2.35. The van der Waals surface area contributed by atoms with Crippen molar-refractivity contribution in [2.75, 3.05) is 18.4 Å². The third kappa shape index (κ3) is 3.97. The number of nitrogens with zero attached hydrogens (tertiary/aromatic N) is 1. The molecule has 1 aliphatic carbocycles. The molecule has 0 bridgehead atoms. The Morgan fingerprint density at radius 1 is 1.38 bits per heavy atom. The Kier molecular flexibility index (Phi) is 5.23. The Hall–Kier alpha value is -1.55. The molecule has 1 aromatic rings. The van der Waals surface area contributed by atoms with Crippen LogP contribution < -0.4 is 5.32 Å². The van der Waals surface area contributed by atoms with Crippen LogP contribution in [0, 0.1) is 12.8 Å². The molecule has 0 aliphatic heterocycles. The molecule has 1 N–H and O–H groups in total. The third-order valence-corrected chi connectivity index (χ3v) is 4.19. The van der Waals surface area contributed by atoms with Crippen molar-refractivity contribution in [3.05, 3.63) is 28.8 Å². The van der Waals surface area contributed by atoms with Crippen molar-refractivity contribution in [2.24, 2.45) is 5.92 Å². The molecule has 0 spiro atoms. The van der Waals surface area contributed by atoms with Gasteiger partial charge in [-0.15, -0.1) is 0 Å². The molecule has 0 saturated heterocycles. The summed E-state index contributed by atoms with van der Waals surface area (Å²) >= 11 is 5.94. The summed E-state index contributed by atoms with van der Waals surface area (Å²) in [5.74, 6) is 0.0299. The van der Waals surface area contributed by atoms with Gasteiger partial charge in [0.15, 0.2) is 0 Å². The van der Waals surface area contributed by atoms with Crippen molar-refractivity contribution in [3.8, 4) is 0 Å². The fraction of sp³-hybridized carbons (Fsp3) is 0.500. The van der Waals surface area contributed by atoms with Gasteiger partial charge in [0.2, 0.25) is 11.8 Å². The molecule has 21 heavy (non-hydrogen) atoms. The van der Waals surface area contributed by atoms with E-state index >= 15 is 0 Å². The fourth-order valence-corrected chi connectivity index (χ4v) is 2.52. The second-order valence-corrected chi connectivity index (χ2v) is 5.92. The van der Waals surface area contributed by atoms with Gasteiger partial charge in [-0.3, -0.25) is 9.59 Å². The lowest BCUT2D eigenvalue weighted by atomic mass is 9.84. The molecule has 1 aromatic carbocycles. The van der Waals surface area contributed by atoms with Gasteiger partial charge < -0.3 is 10.2 Å². The summed E-state index contributed by atoms with van der Waals surface area (Å²) in [7, 11) is 0. The van der Waals surface area contributed by atoms with E-state index in [9.17, 15) is 9.59 Å². The summed E-state index contributed by atoms with van der Waals surface area (Å²) in [6.07, 6.45) is 3.01. The third-order valence-electron chi connectivity index (χ3n) is 3.96. The quantitative estimate of drug-likeness (QED) is 0.908. The number of nitrogens with one attached hydrogen (secondary N) is 1. The van der Waals surface area contributed by atoms with Gasteiger partial charge in [-0.2, -0.15) is 0 Å². The summed E-state index contributed by atoms with van der Waals surface area (Å²) in [5, 5.41) is 3.41. The average Bonchev–Trinajstić information content (AvgIpc) is 2.38. The molecule has 5 heteroatoms. The summed E-state index contributed by atoms with van der Waals surface area (Å²) in [5.41, 5.74) is 1.64. The maximum absolute atomic E-state index is 12.2. The van der Waals surface area contributed by atoms with E-state index in [2.05, 4.69) is 5.32 Å². The van der Waals surface area contributed by atoms with E-state index in [1.165, 1.54) is 0 Å². The zero-order chi connectivity index (χ0) is 15.4. The van der Waals surface area contributed by atoms with Crippen LogP contribution in [-0.2, 0) is 9.59 Å². The standard InChI is InChI=1S/C16H21ClN2O2/c1-3-19(16(21)12-5-4-6-12)10-15(20)18-14-9-13(17)8-7-11(14)2/h7-9,12H,3-6,10H2,1-2H3,(H,18,20). The first-order valence-electron chi connectivity index (χ1n) is 7.36. The van der Waals surface area contributed by atoms with Gasteiger partial charge in [-0.25, -0.2) is 0 Å². The van der Waals surface area contributed by atoms with Crippen LogP contribution in [0.3, 0.4) is 0 Å². The summed E-state index contributed by atoms with van der Waals surface area (Å²) in [6, 6.07) is 5.36. The number of hydrogen-bond donors (Lipinski definition) is 1. The van der Waals surface area contributed by atoms with E-state index < -0.39 is 0 Å². The van der Waals surface area contributed by atoms with E-state index in [-0.39, 0.29) is 24.3 Å². The largest absolute Gasteiger partial charge is 0.333 e. The Balaban J connectivity index is 1.96. The predicted molar refractivity (Wildman–Crippen MR) is 84.4 cm³/mol. The molecule has 2 rings (SSSR count). The minimum atomic E-state index is -0.185. The number of benzene rings is 1. The Labute approximate surface area is 130 Å². The van der Waals surface area contributed by atoms with Crippen LogP contribution in [0.15, 0.2) is 18.2 Å². The summed E-state index contributed by atoms with van der Waals surface area (Å²) in [6.45, 7) is 4.45. The zero-order valence-electron chi connectivity index (χ0n) is 12.5. The monoisotopic (exact) mass is 308 g/mol. The van der Waals surface area contributed by atoms with E-state index in [4.69, 9.17) is 11.6 Å². The first kappa shape index (κ1) is 15.8. The van der Waals surface area contributed by atoms with Gasteiger partial charge in [0.1, 0.15) is 0 Å². The molecule has 1 aliphatic rings. The van der Waals surface area contributed by atoms with Crippen molar-refractivity contribution in [3.63, 3.8) is 0 Å². The first-order chi connectivity index (χ1) is 10.0. The molecular weight excluding hydrogens is 288 g/mol. The Bertz CT molecular complexity index is 541. The number of hydrogen-bond acceptors (Lipinski definition) is 2. The maximum atomic E-state index is 12.2. The number of anilines is 1. The van der Waals surface area contributed by atoms with Crippen LogP contribution in [-0.4, -0.2) is 29.8 Å². The highest BCUT2D eigenvalue weighted by atomic mass is 35.5. The van der Waals surface area contributed by atoms with E-state index in [1.807, 2.05) is 19.9 Å². The van der Waals surface area contributed by atoms with Gasteiger partial charge in [0.05, 0.1) is 6.54 Å². The molecule has 1 fully saturated rings. The van der Waals surface area contributed by atoms with Gasteiger partial charge in [-0.05, 0) is 44.4 Å². The number of halogens is 1. The lowest BCUT2D eigenvalue weighted by molar-refractivity contribution is -0.140. The van der Waals surface area contributed by atoms with Gasteiger partial charge >= 0.3 is 0 Å². The van der Waals surface area contributed by atoms with E-state index in [1.54, 1.807) is 17.0 Å². The van der Waals surface area contributed by atoms with Crippen LogP contribution in [0.2, 0.25) is 5.02 Å². The van der Waals surface area contributed by atoms with Crippen molar-refractivity contribution >= 4 is 29.1 Å². The summed E-state index contributed by atoms with van der Waals surface area (Å²) < 4.78 is 0. The zero-order valence-corrected chi connectivity index (χ0v) is 13.2. The topological polar surface area (TPSA) is 49.4 Å². The highest BCUT2D eigenvalue weighted by Crippen LogP contribution is 2.28. The minimum Gasteiger partial charge on any atom is -0.333 e. The first-order valence-corrected chi connectivity index (χ1v) is 7.74. The summed E-state index contributed by atoms with van der Waals surface area (Å²) in [4.78, 5) is 25.9. The highest BCUT2D eigenvalue weighted by Gasteiger charge is 2.29. The predicted octanol–water partition coefficient (Wildman–Crippen LogP) is 3.24. The molecule has 114 valence electrons. The molecule has 0 heterocycles. The van der Waals surface area contributed by atoms with Crippen LogP contribution in [0.4, 0.5) is 5.69 Å². The normalized spacial score (nSPS) is 14.4. The van der Waals surface area contributed by atoms with Crippen molar-refractivity contribution in [2.45, 2.75) is 33.1 Å². The molecule has 2 amide bonds. The number of rotatable bonds is 5. The molecule has 0 atom stereocenters. The lowest BCUT2D eigenvalue weighted by Gasteiger charge is -2.30. The molecule has 4 nitrogen and oxygen atoms in total. The van der Waals surface area contributed by atoms with Crippen LogP contribution in [0.25, 0.3) is 0 Å². The van der Waals surface area contributed by atoms with Crippen molar-refractivity contribution in [1.29, 1.82) is 0 Å². The number of likely N-dealkylation sites (N-methyl/N-ethyl adjacent to an activating group) is 1. The lowest BCUT2D eigenvalue weighted by Crippen LogP contribution is -2.43. The van der Waals surface area contributed by atoms with Crippen molar-refractivity contribution < 1.29 is 9.59 Å². The molecule has 1 saturated carbocycles. The SMILES string of the molecule is CCN(CC(=O)Nc1cc(Cl)ccc1C)C(=O)C1CCC1. The Morgan fingerprint density at radius 2 is 2.10 bits per heavy atom. The van der Waals surface area contributed by atoms with E-state index in [0.29, 0.717) is 17.3 Å². The van der Waals surface area contributed by atoms with Crippen molar-refractivity contribution in [1.82, 2.24) is 4.90 Å². The smallest absolute Gasteiger partial charge is 0.244 e. The molecular formula is C16H21ClN2O2. The number of carbonyl (C=O) groups is 2. The van der Waals surface area contributed by atoms with Gasteiger partial charge in [-0.1, -0.05) is 24.1 Å². The van der Waals surface area contributed by atoms with Crippen LogP contribution in [0.5, 0.6) is 0 Å². The maximum Gasteiger partial charge on any atom is 0.244 e. The number of carbonyl (C=O) groups excluding carboxylic acids is 2. The second kappa shape index (κ2) is 6.94. The average molecular weight is 309 g/mol. The Morgan fingerprint density at radius 3 is 2.67 bits per heavy atom. The second-order valence-electron chi connectivity index (χ2n) is 5.49. The van der Waals surface area contributed by atoms with Gasteiger partial charge in [0, 0.05) is 23.2 Å². The molecule has 0 aromatic heterocycles. The number of aryl methyl sites for hydroxylation is 1. The van der Waals surface area contributed by atoms with Crippen LogP contribution in [0.1, 0.15) is 31.7 Å². The molecule has 0 radical (unpaired) electrons. The van der Waals surface area contributed by atoms with Gasteiger partial charge in [0.25, 0.3) is 0 Å². The van der Waals surface area contributed by atoms with Crippen LogP contribution >= 0.6 is 11.6 Å². The number of amides is 2. The minimum absolute atomic E-state index is 0.0950.